The minimum Gasteiger partial charge on any atom is -0.465 e. The van der Waals surface area contributed by atoms with Crippen LogP contribution in [0, 0.1) is 12.7 Å². The maximum atomic E-state index is 13.6. The van der Waals surface area contributed by atoms with E-state index in [1.807, 2.05) is 0 Å². The van der Waals surface area contributed by atoms with Gasteiger partial charge in [0.15, 0.2) is 4.47 Å². The van der Waals surface area contributed by atoms with Crippen LogP contribution in [0.1, 0.15) is 20.8 Å². The molecule has 0 amide bonds. The van der Waals surface area contributed by atoms with Gasteiger partial charge in [0.2, 0.25) is 0 Å². The van der Waals surface area contributed by atoms with Crippen molar-refractivity contribution in [1.82, 2.24) is 4.98 Å². The van der Waals surface area contributed by atoms with Crippen molar-refractivity contribution in [3.05, 3.63) is 44.6 Å². The minimum absolute atomic E-state index is 0.294. The van der Waals surface area contributed by atoms with Gasteiger partial charge in [0.05, 0.1) is 24.9 Å². The lowest BCUT2D eigenvalue weighted by molar-refractivity contribution is 0.0601. The van der Waals surface area contributed by atoms with E-state index < -0.39 is 5.97 Å². The van der Waals surface area contributed by atoms with E-state index in [1.165, 1.54) is 30.6 Å². The number of thiazole rings is 1. The average molecular weight is 315 g/mol. The van der Waals surface area contributed by atoms with Gasteiger partial charge >= 0.3 is 5.97 Å². The van der Waals surface area contributed by atoms with Crippen molar-refractivity contribution in [2.24, 2.45) is 0 Å². The molecular weight excluding hydrogens is 303 g/mol. The largest absolute Gasteiger partial charge is 0.465 e. The van der Waals surface area contributed by atoms with Gasteiger partial charge in [-0.3, -0.25) is 0 Å². The number of nitrogens with zero attached hydrogens (tertiary/aromatic N) is 1. The lowest BCUT2D eigenvalue weighted by atomic mass is 10.1. The van der Waals surface area contributed by atoms with Crippen LogP contribution < -0.4 is 5.32 Å². The predicted molar refractivity (Wildman–Crippen MR) is 76.9 cm³/mol. The van der Waals surface area contributed by atoms with Gasteiger partial charge in [-0.2, -0.15) is 0 Å². The van der Waals surface area contributed by atoms with E-state index in [4.69, 9.17) is 16.3 Å². The molecule has 0 aliphatic rings. The van der Waals surface area contributed by atoms with Gasteiger partial charge in [-0.1, -0.05) is 11.6 Å². The molecule has 1 N–H and O–H groups in total. The molecule has 2 rings (SSSR count). The number of halogens is 2. The molecule has 0 saturated carbocycles. The highest BCUT2D eigenvalue weighted by Gasteiger charge is 2.15. The van der Waals surface area contributed by atoms with Crippen molar-refractivity contribution in [3.8, 4) is 0 Å². The zero-order valence-corrected chi connectivity index (χ0v) is 12.4. The van der Waals surface area contributed by atoms with Crippen LogP contribution in [-0.4, -0.2) is 18.1 Å². The molecule has 0 atom stereocenters. The van der Waals surface area contributed by atoms with Crippen LogP contribution in [0.25, 0.3) is 0 Å². The zero-order chi connectivity index (χ0) is 14.7. The third-order valence-corrected chi connectivity index (χ3v) is 3.80. The summed E-state index contributed by atoms with van der Waals surface area (Å²) in [5.41, 5.74) is 1.06. The summed E-state index contributed by atoms with van der Waals surface area (Å²) in [6.45, 7) is 1.99. The molecule has 1 heterocycles. The minimum atomic E-state index is -0.516. The predicted octanol–water partition coefficient (Wildman–Crippen LogP) is 3.64. The van der Waals surface area contributed by atoms with Crippen LogP contribution in [0.4, 0.5) is 10.1 Å². The van der Waals surface area contributed by atoms with Gasteiger partial charge < -0.3 is 10.1 Å². The second kappa shape index (κ2) is 6.19. The molecule has 0 aliphatic heterocycles. The van der Waals surface area contributed by atoms with Crippen LogP contribution in [0.2, 0.25) is 4.47 Å². The molecule has 0 unspecified atom stereocenters. The number of ether oxygens (including phenoxy) is 1. The van der Waals surface area contributed by atoms with E-state index in [9.17, 15) is 9.18 Å². The molecule has 0 fully saturated rings. The van der Waals surface area contributed by atoms with Crippen LogP contribution in [0.3, 0.4) is 0 Å². The summed E-state index contributed by atoms with van der Waals surface area (Å²) in [6.07, 6.45) is 1.63. The average Bonchev–Trinajstić information content (AvgIpc) is 2.84. The topological polar surface area (TPSA) is 51.2 Å². The smallest absolute Gasteiger partial charge is 0.339 e. The van der Waals surface area contributed by atoms with Crippen molar-refractivity contribution < 1.29 is 13.9 Å². The molecule has 0 radical (unpaired) electrons. The molecule has 7 heteroatoms. The van der Waals surface area contributed by atoms with Gasteiger partial charge in [0.1, 0.15) is 5.82 Å². The first-order valence-corrected chi connectivity index (χ1v) is 6.93. The number of hydrogen-bond acceptors (Lipinski definition) is 5. The van der Waals surface area contributed by atoms with E-state index in [0.717, 1.165) is 4.88 Å². The van der Waals surface area contributed by atoms with E-state index in [2.05, 4.69) is 10.3 Å². The van der Waals surface area contributed by atoms with Gasteiger partial charge in [-0.05, 0) is 24.6 Å². The van der Waals surface area contributed by atoms with Gasteiger partial charge in [-0.25, -0.2) is 14.2 Å². The molecule has 1 aromatic carbocycles. The third kappa shape index (κ3) is 3.26. The summed E-state index contributed by atoms with van der Waals surface area (Å²) in [5.74, 6) is -0.902. The maximum absolute atomic E-state index is 13.6. The standard InChI is InChI=1S/C13H12ClFN2O2S/c1-7-3-9(12(18)19-2)11(4-10(7)15)16-5-8-6-17-13(14)20-8/h3-4,6,16H,5H2,1-2H3. The highest BCUT2D eigenvalue weighted by atomic mass is 35.5. The fourth-order valence-electron chi connectivity index (χ4n) is 1.65. The number of anilines is 1. The normalized spacial score (nSPS) is 10.4. The number of benzene rings is 1. The van der Waals surface area contributed by atoms with Gasteiger partial charge in [-0.15, -0.1) is 11.3 Å². The van der Waals surface area contributed by atoms with Crippen LogP contribution in [0.15, 0.2) is 18.3 Å². The molecule has 106 valence electrons. The van der Waals surface area contributed by atoms with E-state index in [-0.39, 0.29) is 5.82 Å². The van der Waals surface area contributed by atoms with Crippen LogP contribution in [0.5, 0.6) is 0 Å². The van der Waals surface area contributed by atoms with Crippen molar-refractivity contribution in [3.63, 3.8) is 0 Å². The molecule has 0 spiro atoms. The van der Waals surface area contributed by atoms with Crippen molar-refractivity contribution in [2.45, 2.75) is 13.5 Å². The molecular formula is C13H12ClFN2O2S. The Balaban J connectivity index is 2.25. The lowest BCUT2D eigenvalue weighted by Gasteiger charge is -2.11. The van der Waals surface area contributed by atoms with E-state index in [1.54, 1.807) is 13.1 Å². The second-order valence-corrected chi connectivity index (χ2v) is 5.77. The lowest BCUT2D eigenvalue weighted by Crippen LogP contribution is -2.09. The Bertz CT molecular complexity index is 645. The fourth-order valence-corrected chi connectivity index (χ4v) is 2.57. The summed E-state index contributed by atoms with van der Waals surface area (Å²) >= 11 is 7.05. The Labute approximate surface area is 124 Å². The summed E-state index contributed by atoms with van der Waals surface area (Å²) in [4.78, 5) is 16.5. The first-order valence-electron chi connectivity index (χ1n) is 5.73. The Kier molecular flexibility index (Phi) is 4.57. The van der Waals surface area contributed by atoms with Crippen molar-refractivity contribution >= 4 is 34.6 Å². The molecule has 0 saturated heterocycles. The monoisotopic (exact) mass is 314 g/mol. The fraction of sp³-hybridized carbons (Fsp3) is 0.231. The SMILES string of the molecule is COC(=O)c1cc(C)c(F)cc1NCc1cnc(Cl)s1. The summed E-state index contributed by atoms with van der Waals surface area (Å²) in [6, 6.07) is 2.74. The molecule has 0 aliphatic carbocycles. The summed E-state index contributed by atoms with van der Waals surface area (Å²) in [5, 5.41) is 3.00. The van der Waals surface area contributed by atoms with E-state index >= 15 is 0 Å². The number of aromatic nitrogens is 1. The van der Waals surface area contributed by atoms with Gasteiger partial charge in [0, 0.05) is 11.1 Å². The van der Waals surface area contributed by atoms with E-state index in [0.29, 0.717) is 27.8 Å². The van der Waals surface area contributed by atoms with Crippen LogP contribution >= 0.6 is 22.9 Å². The van der Waals surface area contributed by atoms with Crippen molar-refractivity contribution in [2.75, 3.05) is 12.4 Å². The Morgan fingerprint density at radius 1 is 1.55 bits per heavy atom. The number of methoxy groups -OCH3 is 1. The highest BCUT2D eigenvalue weighted by molar-refractivity contribution is 7.15. The third-order valence-electron chi connectivity index (χ3n) is 2.68. The quantitative estimate of drug-likeness (QED) is 0.875. The number of esters is 1. The summed E-state index contributed by atoms with van der Waals surface area (Å²) in [7, 11) is 1.29. The van der Waals surface area contributed by atoms with Crippen LogP contribution in [-0.2, 0) is 11.3 Å². The Morgan fingerprint density at radius 2 is 2.30 bits per heavy atom. The summed E-state index contributed by atoms with van der Waals surface area (Å²) < 4.78 is 18.8. The molecule has 20 heavy (non-hydrogen) atoms. The number of carbonyl (C=O) groups excluding carboxylic acids is 1. The molecule has 1 aromatic heterocycles. The Hall–Kier alpha value is -1.66. The molecule has 2 aromatic rings. The number of hydrogen-bond donors (Lipinski definition) is 1. The number of nitrogens with one attached hydrogen (secondary N) is 1. The molecule has 0 bridgehead atoms. The molecule has 4 nitrogen and oxygen atoms in total. The number of aryl methyl sites for hydroxylation is 1. The highest BCUT2D eigenvalue weighted by Crippen LogP contribution is 2.24. The number of rotatable bonds is 4. The first kappa shape index (κ1) is 14.7. The second-order valence-electron chi connectivity index (χ2n) is 4.07. The first-order chi connectivity index (χ1) is 9.51. The van der Waals surface area contributed by atoms with Gasteiger partial charge in [0.25, 0.3) is 0 Å². The Morgan fingerprint density at radius 3 is 2.90 bits per heavy atom. The maximum Gasteiger partial charge on any atom is 0.339 e. The zero-order valence-electron chi connectivity index (χ0n) is 10.9. The van der Waals surface area contributed by atoms with Crippen molar-refractivity contribution in [1.29, 1.82) is 0 Å². The number of carbonyl (C=O) groups is 1.